The second-order valence-electron chi connectivity index (χ2n) is 9.44. The molecule has 0 aliphatic carbocycles. The van der Waals surface area contributed by atoms with Gasteiger partial charge in [0, 0.05) is 5.56 Å². The first kappa shape index (κ1) is 21.9. The molecule has 3 rings (SSSR count). The van der Waals surface area contributed by atoms with Crippen LogP contribution >= 0.6 is 0 Å². The van der Waals surface area contributed by atoms with Crippen LogP contribution in [0.2, 0.25) is 0 Å². The molecule has 8 nitrogen and oxygen atoms in total. The number of ether oxygens (including phenoxy) is 1. The highest BCUT2D eigenvalue weighted by molar-refractivity contribution is 7.85. The topological polar surface area (TPSA) is 91.4 Å². The molecular formula is C19H28BNO7S. The number of fused-ring (bicyclic) bond motifs is 1. The number of hydrogen-bond donors (Lipinski definition) is 0. The standard InChI is InChI=1S/C19H28BNO7S/c1-12-9-14(20-27-18(5,6)19(7,8)28-20)10-13-11-21(16(22)25-17(2,3)4)29(23,24)26-15(12)13/h9-10H,11H2,1-8H3. The van der Waals surface area contributed by atoms with E-state index in [0.717, 1.165) is 5.46 Å². The molecule has 0 radical (unpaired) electrons. The second kappa shape index (κ2) is 6.62. The van der Waals surface area contributed by atoms with Gasteiger partial charge in [-0.15, -0.1) is 0 Å². The van der Waals surface area contributed by atoms with Crippen LogP contribution in [0, 0.1) is 6.92 Å². The Hall–Kier alpha value is -1.78. The molecule has 0 saturated carbocycles. The molecule has 29 heavy (non-hydrogen) atoms. The Balaban J connectivity index is 1.96. The fourth-order valence-corrected chi connectivity index (χ4v) is 4.14. The molecule has 160 valence electrons. The highest BCUT2D eigenvalue weighted by atomic mass is 32.2. The van der Waals surface area contributed by atoms with Crippen molar-refractivity contribution >= 4 is 29.0 Å². The largest absolute Gasteiger partial charge is 0.494 e. The lowest BCUT2D eigenvalue weighted by Gasteiger charge is -2.32. The van der Waals surface area contributed by atoms with Crippen LogP contribution in [-0.2, 0) is 30.9 Å². The molecule has 0 N–H and O–H groups in total. The number of amides is 1. The SMILES string of the molecule is Cc1cc(B2OC(C)(C)C(C)(C)O2)cc2c1OS(=O)(=O)N(C(=O)OC(C)(C)C)C2. The lowest BCUT2D eigenvalue weighted by molar-refractivity contribution is 0.00578. The van der Waals surface area contributed by atoms with Gasteiger partial charge in [-0.3, -0.25) is 0 Å². The Morgan fingerprint density at radius 3 is 2.21 bits per heavy atom. The van der Waals surface area contributed by atoms with Crippen LogP contribution in [0.4, 0.5) is 4.79 Å². The van der Waals surface area contributed by atoms with Crippen molar-refractivity contribution in [3.05, 3.63) is 23.3 Å². The first-order valence-electron chi connectivity index (χ1n) is 9.47. The summed E-state index contributed by atoms with van der Waals surface area (Å²) in [5.41, 5.74) is 0.0168. The highest BCUT2D eigenvalue weighted by Gasteiger charge is 2.52. The predicted molar refractivity (Wildman–Crippen MR) is 108 cm³/mol. The van der Waals surface area contributed by atoms with Crippen molar-refractivity contribution in [3.8, 4) is 5.75 Å². The highest BCUT2D eigenvalue weighted by Crippen LogP contribution is 2.38. The van der Waals surface area contributed by atoms with Crippen molar-refractivity contribution < 1.29 is 31.4 Å². The van der Waals surface area contributed by atoms with Crippen LogP contribution in [0.1, 0.15) is 59.6 Å². The molecule has 1 aromatic carbocycles. The molecule has 1 fully saturated rings. The molecule has 2 aliphatic heterocycles. The van der Waals surface area contributed by atoms with E-state index in [1.807, 2.05) is 27.7 Å². The lowest BCUT2D eigenvalue weighted by atomic mass is 9.77. The summed E-state index contributed by atoms with van der Waals surface area (Å²) in [6.45, 7) is 14.4. The van der Waals surface area contributed by atoms with Gasteiger partial charge >= 0.3 is 23.5 Å². The molecule has 1 aromatic rings. The number of carbonyl (C=O) groups excluding carboxylic acids is 1. The average molecular weight is 425 g/mol. The maximum atomic E-state index is 12.5. The molecule has 10 heteroatoms. The third kappa shape index (κ3) is 4.11. The summed E-state index contributed by atoms with van der Waals surface area (Å²) in [5.74, 6) is 0.213. The predicted octanol–water partition coefficient (Wildman–Crippen LogP) is 2.67. The molecule has 0 aromatic heterocycles. The van der Waals surface area contributed by atoms with Gasteiger partial charge in [0.25, 0.3) is 0 Å². The maximum Gasteiger partial charge on any atom is 0.494 e. The van der Waals surface area contributed by atoms with Crippen LogP contribution in [0.15, 0.2) is 12.1 Å². The van der Waals surface area contributed by atoms with E-state index in [1.165, 1.54) is 0 Å². The van der Waals surface area contributed by atoms with Crippen molar-refractivity contribution in [1.29, 1.82) is 0 Å². The first-order chi connectivity index (χ1) is 13.0. The van der Waals surface area contributed by atoms with Gasteiger partial charge < -0.3 is 18.2 Å². The van der Waals surface area contributed by atoms with E-state index in [4.69, 9.17) is 18.2 Å². The van der Waals surface area contributed by atoms with Crippen molar-refractivity contribution in [1.82, 2.24) is 4.31 Å². The Labute approximate surface area is 172 Å². The normalized spacial score (nSPS) is 22.1. The third-order valence-electron chi connectivity index (χ3n) is 5.27. The van der Waals surface area contributed by atoms with Gasteiger partial charge in [0.2, 0.25) is 0 Å². The maximum absolute atomic E-state index is 12.5. The molecule has 1 amide bonds. The quantitative estimate of drug-likeness (QED) is 0.639. The molecule has 1 saturated heterocycles. The summed E-state index contributed by atoms with van der Waals surface area (Å²) < 4.78 is 48.2. The zero-order valence-electron chi connectivity index (χ0n) is 18.2. The van der Waals surface area contributed by atoms with Gasteiger partial charge in [-0.05, 0) is 66.4 Å². The number of benzene rings is 1. The van der Waals surface area contributed by atoms with E-state index >= 15 is 0 Å². The minimum absolute atomic E-state index is 0.194. The number of carbonyl (C=O) groups is 1. The molecule has 0 unspecified atom stereocenters. The zero-order valence-corrected chi connectivity index (χ0v) is 19.0. The van der Waals surface area contributed by atoms with E-state index in [2.05, 4.69) is 0 Å². The van der Waals surface area contributed by atoms with Crippen LogP contribution in [0.3, 0.4) is 0 Å². The number of aryl methyl sites for hydroxylation is 1. The van der Waals surface area contributed by atoms with E-state index in [1.54, 1.807) is 39.8 Å². The molecule has 2 aliphatic rings. The van der Waals surface area contributed by atoms with Crippen LogP contribution in [-0.4, -0.2) is 42.7 Å². The number of nitrogens with zero attached hydrogens (tertiary/aromatic N) is 1. The molecule has 0 bridgehead atoms. The number of hydrogen-bond acceptors (Lipinski definition) is 7. The fourth-order valence-electron chi connectivity index (χ4n) is 3.08. The molecule has 2 heterocycles. The first-order valence-corrected chi connectivity index (χ1v) is 10.8. The van der Waals surface area contributed by atoms with Gasteiger partial charge in [-0.25, -0.2) is 4.79 Å². The Bertz CT molecular complexity index is 934. The van der Waals surface area contributed by atoms with Crippen molar-refractivity contribution in [2.75, 3.05) is 0 Å². The average Bonchev–Trinajstić information content (AvgIpc) is 2.73. The van der Waals surface area contributed by atoms with Gasteiger partial charge in [0.05, 0.1) is 17.7 Å². The Morgan fingerprint density at radius 1 is 1.14 bits per heavy atom. The summed E-state index contributed by atoms with van der Waals surface area (Å²) >= 11 is 0. The number of rotatable bonds is 1. The van der Waals surface area contributed by atoms with Gasteiger partial charge in [0.15, 0.2) is 5.75 Å². The summed E-state index contributed by atoms with van der Waals surface area (Å²) in [7, 11) is -4.92. The molecule has 0 atom stereocenters. The molecular weight excluding hydrogens is 397 g/mol. The van der Waals surface area contributed by atoms with Crippen molar-refractivity contribution in [2.45, 2.75) is 78.7 Å². The van der Waals surface area contributed by atoms with Gasteiger partial charge in [-0.2, -0.15) is 12.7 Å². The van der Waals surface area contributed by atoms with Gasteiger partial charge in [-0.1, -0.05) is 12.1 Å². The second-order valence-corrected chi connectivity index (χ2v) is 10.9. The smallest absolute Gasteiger partial charge is 0.443 e. The van der Waals surface area contributed by atoms with E-state index in [-0.39, 0.29) is 12.3 Å². The van der Waals surface area contributed by atoms with Crippen molar-refractivity contribution in [3.63, 3.8) is 0 Å². The van der Waals surface area contributed by atoms with E-state index in [9.17, 15) is 13.2 Å². The summed E-state index contributed by atoms with van der Waals surface area (Å²) in [5, 5.41) is 0. The Morgan fingerprint density at radius 2 is 1.69 bits per heavy atom. The van der Waals surface area contributed by atoms with Crippen LogP contribution in [0.25, 0.3) is 0 Å². The minimum Gasteiger partial charge on any atom is -0.443 e. The lowest BCUT2D eigenvalue weighted by Crippen LogP contribution is -2.45. The summed E-state index contributed by atoms with van der Waals surface area (Å²) in [6, 6.07) is 3.52. The van der Waals surface area contributed by atoms with Crippen LogP contribution in [0.5, 0.6) is 5.75 Å². The minimum atomic E-state index is -4.30. The van der Waals surface area contributed by atoms with Crippen LogP contribution < -0.4 is 9.65 Å². The zero-order chi connectivity index (χ0) is 22.0. The van der Waals surface area contributed by atoms with Crippen molar-refractivity contribution in [2.24, 2.45) is 0 Å². The van der Waals surface area contributed by atoms with Gasteiger partial charge in [0.1, 0.15) is 5.60 Å². The third-order valence-corrected chi connectivity index (χ3v) is 6.46. The fraction of sp³-hybridized carbons (Fsp3) is 0.632. The Kier molecular flexibility index (Phi) is 5.00. The molecule has 0 spiro atoms. The summed E-state index contributed by atoms with van der Waals surface area (Å²) in [4.78, 5) is 12.4. The summed E-state index contributed by atoms with van der Waals surface area (Å²) in [6.07, 6.45) is -0.984. The van der Waals surface area contributed by atoms with E-state index in [0.29, 0.717) is 15.4 Å². The monoisotopic (exact) mass is 425 g/mol. The van der Waals surface area contributed by atoms with E-state index < -0.39 is 40.3 Å².